The van der Waals surface area contributed by atoms with Crippen molar-refractivity contribution in [3.05, 3.63) is 59.0 Å². The summed E-state index contributed by atoms with van der Waals surface area (Å²) in [5.74, 6) is 2.09. The molecular formula is C18H24N2O. The van der Waals surface area contributed by atoms with E-state index in [0.717, 1.165) is 44.1 Å². The highest BCUT2D eigenvalue weighted by atomic mass is 16.3. The SMILES string of the molecule is CC(C)NCc1ccc(CN2CCc3ccccc3C2)o1. The highest BCUT2D eigenvalue weighted by Crippen LogP contribution is 2.20. The Labute approximate surface area is 127 Å². The third-order valence-electron chi connectivity index (χ3n) is 3.99. The summed E-state index contributed by atoms with van der Waals surface area (Å²) in [6.07, 6.45) is 1.14. The molecule has 2 heterocycles. The Morgan fingerprint density at radius 3 is 2.67 bits per heavy atom. The van der Waals surface area contributed by atoms with Crippen LogP contribution >= 0.6 is 0 Å². The van der Waals surface area contributed by atoms with E-state index in [0.29, 0.717) is 6.04 Å². The highest BCUT2D eigenvalue weighted by molar-refractivity contribution is 5.29. The van der Waals surface area contributed by atoms with Gasteiger partial charge < -0.3 is 9.73 Å². The lowest BCUT2D eigenvalue weighted by Gasteiger charge is -2.27. The fourth-order valence-corrected chi connectivity index (χ4v) is 2.82. The van der Waals surface area contributed by atoms with Gasteiger partial charge in [-0.3, -0.25) is 4.90 Å². The molecule has 3 rings (SSSR count). The van der Waals surface area contributed by atoms with Crippen LogP contribution < -0.4 is 5.32 Å². The van der Waals surface area contributed by atoms with Crippen LogP contribution in [0.5, 0.6) is 0 Å². The Morgan fingerprint density at radius 2 is 1.86 bits per heavy atom. The molecule has 1 N–H and O–H groups in total. The van der Waals surface area contributed by atoms with Crippen LogP contribution in [-0.2, 0) is 26.1 Å². The maximum absolute atomic E-state index is 5.92. The predicted molar refractivity (Wildman–Crippen MR) is 84.9 cm³/mol. The molecule has 3 heteroatoms. The number of nitrogens with zero attached hydrogens (tertiary/aromatic N) is 1. The molecule has 0 saturated carbocycles. The van der Waals surface area contributed by atoms with Crippen LogP contribution in [0.25, 0.3) is 0 Å². The van der Waals surface area contributed by atoms with E-state index >= 15 is 0 Å². The zero-order valence-corrected chi connectivity index (χ0v) is 12.9. The van der Waals surface area contributed by atoms with E-state index in [1.54, 1.807) is 0 Å². The summed E-state index contributed by atoms with van der Waals surface area (Å²) in [5, 5.41) is 3.38. The molecule has 0 saturated heterocycles. The summed E-state index contributed by atoms with van der Waals surface area (Å²) >= 11 is 0. The molecule has 0 spiro atoms. The quantitative estimate of drug-likeness (QED) is 0.913. The number of hydrogen-bond acceptors (Lipinski definition) is 3. The van der Waals surface area contributed by atoms with Crippen molar-refractivity contribution in [1.82, 2.24) is 10.2 Å². The average molecular weight is 284 g/mol. The number of fused-ring (bicyclic) bond motifs is 1. The first-order chi connectivity index (χ1) is 10.2. The van der Waals surface area contributed by atoms with E-state index in [2.05, 4.69) is 60.5 Å². The molecule has 112 valence electrons. The van der Waals surface area contributed by atoms with Crippen molar-refractivity contribution in [3.63, 3.8) is 0 Å². The van der Waals surface area contributed by atoms with Crippen molar-refractivity contribution < 1.29 is 4.42 Å². The first kappa shape index (κ1) is 14.4. The summed E-state index contributed by atoms with van der Waals surface area (Å²) in [6.45, 7) is 8.13. The Hall–Kier alpha value is -1.58. The number of rotatable bonds is 5. The van der Waals surface area contributed by atoms with E-state index in [9.17, 15) is 0 Å². The second-order valence-electron chi connectivity index (χ2n) is 6.13. The molecule has 1 aromatic carbocycles. The van der Waals surface area contributed by atoms with E-state index in [-0.39, 0.29) is 0 Å². The molecule has 0 radical (unpaired) electrons. The molecular weight excluding hydrogens is 260 g/mol. The molecule has 0 atom stereocenters. The largest absolute Gasteiger partial charge is 0.463 e. The topological polar surface area (TPSA) is 28.4 Å². The maximum atomic E-state index is 5.92. The van der Waals surface area contributed by atoms with E-state index in [4.69, 9.17) is 4.42 Å². The van der Waals surface area contributed by atoms with Crippen molar-refractivity contribution in [2.75, 3.05) is 6.54 Å². The van der Waals surface area contributed by atoms with Crippen LogP contribution in [0, 0.1) is 0 Å². The molecule has 1 aliphatic heterocycles. The second-order valence-corrected chi connectivity index (χ2v) is 6.13. The van der Waals surface area contributed by atoms with Crippen LogP contribution in [0.2, 0.25) is 0 Å². The third-order valence-corrected chi connectivity index (χ3v) is 3.99. The van der Waals surface area contributed by atoms with Crippen LogP contribution in [0.4, 0.5) is 0 Å². The molecule has 1 aromatic heterocycles. The lowest BCUT2D eigenvalue weighted by Crippen LogP contribution is -2.29. The summed E-state index contributed by atoms with van der Waals surface area (Å²) in [4.78, 5) is 2.46. The second kappa shape index (κ2) is 6.46. The van der Waals surface area contributed by atoms with E-state index < -0.39 is 0 Å². The van der Waals surface area contributed by atoms with Gasteiger partial charge >= 0.3 is 0 Å². The van der Waals surface area contributed by atoms with E-state index in [1.165, 1.54) is 11.1 Å². The molecule has 0 aliphatic carbocycles. The molecule has 0 fully saturated rings. The van der Waals surface area contributed by atoms with Gasteiger partial charge in [-0.25, -0.2) is 0 Å². The Kier molecular flexibility index (Phi) is 4.42. The Bertz CT molecular complexity index is 588. The minimum absolute atomic E-state index is 0.483. The van der Waals surface area contributed by atoms with Gasteiger partial charge in [0.1, 0.15) is 11.5 Å². The van der Waals surface area contributed by atoms with Gasteiger partial charge in [-0.2, -0.15) is 0 Å². The van der Waals surface area contributed by atoms with Crippen molar-refractivity contribution >= 4 is 0 Å². The standard InChI is InChI=1S/C18H24N2O/c1-14(2)19-11-17-7-8-18(21-17)13-20-10-9-15-5-3-4-6-16(15)12-20/h3-8,14,19H,9-13H2,1-2H3. The Balaban J connectivity index is 1.58. The maximum Gasteiger partial charge on any atom is 0.118 e. The van der Waals surface area contributed by atoms with Crippen LogP contribution in [0.3, 0.4) is 0 Å². The van der Waals surface area contributed by atoms with Gasteiger partial charge in [0.05, 0.1) is 13.1 Å². The number of hydrogen-bond donors (Lipinski definition) is 1. The van der Waals surface area contributed by atoms with E-state index in [1.807, 2.05) is 0 Å². The Morgan fingerprint density at radius 1 is 1.10 bits per heavy atom. The molecule has 3 nitrogen and oxygen atoms in total. The summed E-state index contributed by atoms with van der Waals surface area (Å²) in [7, 11) is 0. The van der Waals surface area contributed by atoms with Crippen molar-refractivity contribution in [2.45, 2.75) is 45.9 Å². The van der Waals surface area contributed by atoms with Gasteiger partial charge in [0, 0.05) is 19.1 Å². The minimum atomic E-state index is 0.483. The molecule has 0 unspecified atom stereocenters. The van der Waals surface area contributed by atoms with Crippen LogP contribution in [0.1, 0.15) is 36.5 Å². The minimum Gasteiger partial charge on any atom is -0.463 e. The van der Waals surface area contributed by atoms with Gasteiger partial charge in [0.2, 0.25) is 0 Å². The first-order valence-electron chi connectivity index (χ1n) is 7.81. The van der Waals surface area contributed by atoms with Crippen LogP contribution in [-0.4, -0.2) is 17.5 Å². The van der Waals surface area contributed by atoms with Gasteiger partial charge in [0.25, 0.3) is 0 Å². The van der Waals surface area contributed by atoms with Gasteiger partial charge in [0.15, 0.2) is 0 Å². The zero-order valence-electron chi connectivity index (χ0n) is 12.9. The molecule has 0 bridgehead atoms. The van der Waals surface area contributed by atoms with Gasteiger partial charge in [-0.05, 0) is 29.7 Å². The predicted octanol–water partition coefficient (Wildman–Crippen LogP) is 3.34. The first-order valence-corrected chi connectivity index (χ1v) is 7.81. The van der Waals surface area contributed by atoms with Crippen molar-refractivity contribution in [2.24, 2.45) is 0 Å². The van der Waals surface area contributed by atoms with Crippen molar-refractivity contribution in [3.8, 4) is 0 Å². The van der Waals surface area contributed by atoms with Crippen molar-refractivity contribution in [1.29, 1.82) is 0 Å². The smallest absolute Gasteiger partial charge is 0.118 e. The van der Waals surface area contributed by atoms with Gasteiger partial charge in [-0.1, -0.05) is 38.1 Å². The number of nitrogens with one attached hydrogen (secondary N) is 1. The zero-order chi connectivity index (χ0) is 14.7. The lowest BCUT2D eigenvalue weighted by molar-refractivity contribution is 0.223. The fraction of sp³-hybridized carbons (Fsp3) is 0.444. The van der Waals surface area contributed by atoms with Gasteiger partial charge in [-0.15, -0.1) is 0 Å². The molecule has 2 aromatic rings. The summed E-state index contributed by atoms with van der Waals surface area (Å²) < 4.78 is 5.92. The number of benzene rings is 1. The number of furan rings is 1. The monoisotopic (exact) mass is 284 g/mol. The lowest BCUT2D eigenvalue weighted by atomic mass is 10.00. The fourth-order valence-electron chi connectivity index (χ4n) is 2.82. The normalized spacial score (nSPS) is 15.4. The molecule has 1 aliphatic rings. The third kappa shape index (κ3) is 3.74. The molecule has 21 heavy (non-hydrogen) atoms. The van der Waals surface area contributed by atoms with Crippen LogP contribution in [0.15, 0.2) is 40.8 Å². The average Bonchev–Trinajstić information content (AvgIpc) is 2.92. The molecule has 0 amide bonds. The summed E-state index contributed by atoms with van der Waals surface area (Å²) in [6, 6.07) is 13.4. The highest BCUT2D eigenvalue weighted by Gasteiger charge is 2.16. The summed E-state index contributed by atoms with van der Waals surface area (Å²) in [5.41, 5.74) is 2.95.